The second-order valence-electron chi connectivity index (χ2n) is 8.29. The van der Waals surface area contributed by atoms with E-state index in [1.165, 1.54) is 24.4 Å². The van der Waals surface area contributed by atoms with E-state index in [1.807, 2.05) is 55.5 Å². The summed E-state index contributed by atoms with van der Waals surface area (Å²) >= 11 is 0. The Kier molecular flexibility index (Phi) is 6.98. The number of nitro groups is 1. The van der Waals surface area contributed by atoms with Gasteiger partial charge in [0.2, 0.25) is 0 Å². The Morgan fingerprint density at radius 2 is 1.89 bits per heavy atom. The van der Waals surface area contributed by atoms with Crippen LogP contribution in [0, 0.1) is 10.1 Å². The Bertz CT molecular complexity index is 1520. The van der Waals surface area contributed by atoms with Gasteiger partial charge in [-0.05, 0) is 49.4 Å². The van der Waals surface area contributed by atoms with Crippen molar-refractivity contribution in [2.75, 3.05) is 25.1 Å². The van der Waals surface area contributed by atoms with Gasteiger partial charge in [0.15, 0.2) is 11.5 Å². The summed E-state index contributed by atoms with van der Waals surface area (Å²) in [6.45, 7) is 3.30. The second kappa shape index (κ2) is 10.8. The van der Waals surface area contributed by atoms with Gasteiger partial charge < -0.3 is 14.8 Å². The van der Waals surface area contributed by atoms with E-state index in [0.717, 1.165) is 11.3 Å². The van der Waals surface area contributed by atoms with Crippen LogP contribution in [-0.4, -0.2) is 46.6 Å². The number of hydrogen-bond acceptors (Lipinski definition) is 8. The number of carbonyl (C=O) groups excluding carboxylic acids is 1. The van der Waals surface area contributed by atoms with Gasteiger partial charge in [0.05, 0.1) is 16.8 Å². The number of benzene rings is 3. The van der Waals surface area contributed by atoms with Gasteiger partial charge >= 0.3 is 0 Å². The van der Waals surface area contributed by atoms with Crippen LogP contribution in [0.2, 0.25) is 0 Å². The molecule has 11 nitrogen and oxygen atoms in total. The third-order valence-electron chi connectivity index (χ3n) is 5.77. The van der Waals surface area contributed by atoms with Gasteiger partial charge in [-0.1, -0.05) is 18.2 Å². The van der Waals surface area contributed by atoms with Gasteiger partial charge in [0, 0.05) is 35.5 Å². The van der Waals surface area contributed by atoms with Gasteiger partial charge in [0.1, 0.15) is 24.6 Å². The first kappa shape index (κ1) is 24.5. The maximum Gasteiger partial charge on any atom is 0.293 e. The molecule has 0 aliphatic carbocycles. The molecule has 2 heterocycles. The lowest BCUT2D eigenvalue weighted by Gasteiger charge is -2.18. The van der Waals surface area contributed by atoms with Crippen molar-refractivity contribution in [3.63, 3.8) is 0 Å². The molecule has 0 atom stereocenters. The Morgan fingerprint density at radius 3 is 2.66 bits per heavy atom. The Labute approximate surface area is 217 Å². The Balaban J connectivity index is 1.43. The largest absolute Gasteiger partial charge is 0.486 e. The summed E-state index contributed by atoms with van der Waals surface area (Å²) in [4.78, 5) is 23.6. The summed E-state index contributed by atoms with van der Waals surface area (Å²) in [5.41, 5.74) is 5.61. The van der Waals surface area contributed by atoms with Crippen LogP contribution in [0.25, 0.3) is 16.9 Å². The highest BCUT2D eigenvalue weighted by Crippen LogP contribution is 2.35. The molecule has 1 aliphatic rings. The number of anilines is 1. The van der Waals surface area contributed by atoms with Gasteiger partial charge in [-0.2, -0.15) is 10.2 Å². The molecule has 0 fully saturated rings. The third-order valence-corrected chi connectivity index (χ3v) is 5.77. The average Bonchev–Trinajstić information content (AvgIpc) is 3.37. The normalized spacial score (nSPS) is 12.3. The van der Waals surface area contributed by atoms with Crippen molar-refractivity contribution in [2.24, 2.45) is 5.10 Å². The zero-order chi connectivity index (χ0) is 26.5. The van der Waals surface area contributed by atoms with Crippen LogP contribution in [0.1, 0.15) is 22.8 Å². The van der Waals surface area contributed by atoms with E-state index < -0.39 is 10.8 Å². The van der Waals surface area contributed by atoms with Crippen LogP contribution in [0.5, 0.6) is 11.5 Å². The highest BCUT2D eigenvalue weighted by Gasteiger charge is 2.18. The summed E-state index contributed by atoms with van der Waals surface area (Å²) in [5, 5.41) is 23.2. The fourth-order valence-electron chi connectivity index (χ4n) is 4.00. The van der Waals surface area contributed by atoms with Crippen molar-refractivity contribution in [1.82, 2.24) is 15.2 Å². The molecule has 5 rings (SSSR count). The molecule has 2 N–H and O–H groups in total. The number of nitrogens with one attached hydrogen (secondary N) is 2. The number of nitrogens with zero attached hydrogens (tertiary/aromatic N) is 4. The van der Waals surface area contributed by atoms with Crippen LogP contribution in [0.3, 0.4) is 0 Å². The first-order valence-electron chi connectivity index (χ1n) is 11.9. The van der Waals surface area contributed by atoms with Crippen LogP contribution >= 0.6 is 0 Å². The zero-order valence-corrected chi connectivity index (χ0v) is 20.5. The molecule has 192 valence electrons. The lowest BCUT2D eigenvalue weighted by molar-refractivity contribution is -0.384. The fraction of sp³-hybridized carbons (Fsp3) is 0.148. The summed E-state index contributed by atoms with van der Waals surface area (Å²) in [7, 11) is 0. The first-order chi connectivity index (χ1) is 18.5. The minimum atomic E-state index is -0.580. The van der Waals surface area contributed by atoms with Crippen molar-refractivity contribution in [1.29, 1.82) is 0 Å². The van der Waals surface area contributed by atoms with E-state index in [9.17, 15) is 14.9 Å². The molecule has 1 aromatic heterocycles. The second-order valence-corrected chi connectivity index (χ2v) is 8.29. The van der Waals surface area contributed by atoms with Crippen LogP contribution in [0.15, 0.2) is 78.0 Å². The lowest BCUT2D eigenvalue weighted by Crippen LogP contribution is -2.18. The van der Waals surface area contributed by atoms with Crippen LogP contribution in [-0.2, 0) is 0 Å². The summed E-state index contributed by atoms with van der Waals surface area (Å²) in [5.74, 6) is 0.713. The SMILES string of the molecule is CCNc1ccc(C(=O)N/N=C\c2cn(-c3ccccc3)nc2-c2ccc3c(c2)OCCO3)cc1[N+](=O)[O-]. The number of hydrazone groups is 1. The molecular formula is C27H24N6O5. The van der Waals surface area contributed by atoms with E-state index in [-0.39, 0.29) is 11.3 Å². The highest BCUT2D eigenvalue weighted by molar-refractivity contribution is 5.97. The number of para-hydroxylation sites is 1. The lowest BCUT2D eigenvalue weighted by atomic mass is 10.1. The summed E-state index contributed by atoms with van der Waals surface area (Å²) in [6, 6.07) is 19.4. The maximum absolute atomic E-state index is 12.7. The molecule has 4 aromatic rings. The number of ether oxygens (including phenoxy) is 2. The van der Waals surface area contributed by atoms with Crippen LogP contribution in [0.4, 0.5) is 11.4 Å². The number of aromatic nitrogens is 2. The predicted octanol–water partition coefficient (Wildman–Crippen LogP) is 4.41. The number of amides is 1. The predicted molar refractivity (Wildman–Crippen MR) is 142 cm³/mol. The number of carbonyl (C=O) groups is 1. The van der Waals surface area contributed by atoms with E-state index in [1.54, 1.807) is 10.9 Å². The molecule has 3 aromatic carbocycles. The van der Waals surface area contributed by atoms with Crippen molar-refractivity contribution in [3.05, 3.63) is 94.2 Å². The molecule has 0 spiro atoms. The minimum absolute atomic E-state index is 0.113. The van der Waals surface area contributed by atoms with Crippen molar-refractivity contribution >= 4 is 23.5 Å². The van der Waals surface area contributed by atoms with E-state index >= 15 is 0 Å². The van der Waals surface area contributed by atoms with Crippen molar-refractivity contribution in [3.8, 4) is 28.4 Å². The fourth-order valence-corrected chi connectivity index (χ4v) is 4.00. The Morgan fingerprint density at radius 1 is 1.11 bits per heavy atom. The van der Waals surface area contributed by atoms with Gasteiger partial charge in [0.25, 0.3) is 11.6 Å². The standard InChI is InChI=1S/C27H24N6O5/c1-2-28-22-10-8-19(14-23(22)33(35)36)27(34)30-29-16-20-17-32(21-6-4-3-5-7-21)31-26(20)18-9-11-24-25(15-18)38-13-12-37-24/h3-11,14-17,28H,2,12-13H2,1H3,(H,30,34)/b29-16-. The number of rotatable bonds is 8. The van der Waals surface area contributed by atoms with Gasteiger partial charge in [-0.15, -0.1) is 0 Å². The summed E-state index contributed by atoms with van der Waals surface area (Å²) < 4.78 is 13.1. The van der Waals surface area contributed by atoms with E-state index in [2.05, 4.69) is 15.8 Å². The van der Waals surface area contributed by atoms with E-state index in [4.69, 9.17) is 14.6 Å². The highest BCUT2D eigenvalue weighted by atomic mass is 16.6. The molecule has 0 saturated heterocycles. The quantitative estimate of drug-likeness (QED) is 0.203. The van der Waals surface area contributed by atoms with Gasteiger partial charge in [-0.3, -0.25) is 14.9 Å². The summed E-state index contributed by atoms with van der Waals surface area (Å²) in [6.07, 6.45) is 3.28. The Hall–Kier alpha value is -5.19. The zero-order valence-electron chi connectivity index (χ0n) is 20.5. The minimum Gasteiger partial charge on any atom is -0.486 e. The van der Waals surface area contributed by atoms with Crippen LogP contribution < -0.4 is 20.2 Å². The van der Waals surface area contributed by atoms with E-state index in [0.29, 0.717) is 48.2 Å². The monoisotopic (exact) mass is 512 g/mol. The molecule has 1 aliphatic heterocycles. The third kappa shape index (κ3) is 5.16. The van der Waals surface area contributed by atoms with Crippen molar-refractivity contribution < 1.29 is 19.2 Å². The molecule has 11 heteroatoms. The first-order valence-corrected chi connectivity index (χ1v) is 11.9. The van der Waals surface area contributed by atoms with Crippen molar-refractivity contribution in [2.45, 2.75) is 6.92 Å². The molecule has 1 amide bonds. The maximum atomic E-state index is 12.7. The molecular weight excluding hydrogens is 488 g/mol. The number of hydrogen-bond donors (Lipinski definition) is 2. The van der Waals surface area contributed by atoms with Gasteiger partial charge in [-0.25, -0.2) is 10.1 Å². The molecule has 0 unspecified atom stereocenters. The topological polar surface area (TPSA) is 133 Å². The smallest absolute Gasteiger partial charge is 0.293 e. The molecule has 0 radical (unpaired) electrons. The number of nitro benzene ring substituents is 1. The molecule has 0 bridgehead atoms. The molecule has 38 heavy (non-hydrogen) atoms. The average molecular weight is 513 g/mol. The number of fused-ring (bicyclic) bond motifs is 1. The molecule has 0 saturated carbocycles.